The quantitative estimate of drug-likeness (QED) is 0.783. The number of H-pyrrole nitrogens is 1. The van der Waals surface area contributed by atoms with E-state index in [1.165, 1.54) is 11.3 Å². The van der Waals surface area contributed by atoms with Crippen molar-refractivity contribution in [3.05, 3.63) is 54.6 Å². The monoisotopic (exact) mass is 339 g/mol. The molecule has 3 N–H and O–H groups in total. The summed E-state index contributed by atoms with van der Waals surface area (Å²) in [5.74, 6) is 0. The number of urea groups is 1. The zero-order chi connectivity index (χ0) is 16.1. The molecule has 2 aromatic heterocycles. The van der Waals surface area contributed by atoms with Crippen molar-refractivity contribution < 1.29 is 4.79 Å². The fourth-order valence-electron chi connectivity index (χ4n) is 2.12. The van der Waals surface area contributed by atoms with E-state index >= 15 is 0 Å². The normalized spacial score (nSPS) is 10.5. The van der Waals surface area contributed by atoms with Crippen molar-refractivity contribution >= 4 is 29.0 Å². The number of halogens is 1. The minimum Gasteiger partial charge on any atom is -0.338 e. The second kappa shape index (κ2) is 7.47. The van der Waals surface area contributed by atoms with Crippen molar-refractivity contribution in [2.45, 2.75) is 26.8 Å². The zero-order valence-corrected chi connectivity index (χ0v) is 14.0. The van der Waals surface area contributed by atoms with Crippen molar-refractivity contribution in [3.8, 4) is 0 Å². The number of aryl methyl sites for hydroxylation is 2. The fourth-order valence-corrected chi connectivity index (χ4v) is 3.20. The van der Waals surface area contributed by atoms with Crippen LogP contribution in [0, 0.1) is 13.8 Å². The maximum absolute atomic E-state index is 11.8. The van der Waals surface area contributed by atoms with Gasteiger partial charge >= 0.3 is 6.03 Å². The summed E-state index contributed by atoms with van der Waals surface area (Å²) in [7, 11) is 0. The van der Waals surface area contributed by atoms with Gasteiger partial charge in [0.15, 0.2) is 0 Å². The molecule has 2 rings (SSSR count). The van der Waals surface area contributed by atoms with Gasteiger partial charge in [0.25, 0.3) is 5.56 Å². The van der Waals surface area contributed by atoms with E-state index in [0.29, 0.717) is 12.1 Å². The molecule has 0 saturated carbocycles. The van der Waals surface area contributed by atoms with Crippen molar-refractivity contribution in [1.29, 1.82) is 0 Å². The highest BCUT2D eigenvalue weighted by molar-refractivity contribution is 7.16. The third kappa shape index (κ3) is 4.61. The molecule has 0 atom stereocenters. The largest absolute Gasteiger partial charge is 0.338 e. The molecule has 0 spiro atoms. The number of aromatic nitrogens is 1. The van der Waals surface area contributed by atoms with Crippen LogP contribution in [0.2, 0.25) is 4.34 Å². The molecular weight excluding hydrogens is 322 g/mol. The number of hydrogen-bond donors (Lipinski definition) is 3. The SMILES string of the molecule is Cc1cc(C)c(CNC(=O)NCCc2ccc(Cl)s2)c(=O)[nH]1. The van der Waals surface area contributed by atoms with E-state index in [9.17, 15) is 9.59 Å². The van der Waals surface area contributed by atoms with E-state index in [2.05, 4.69) is 15.6 Å². The first-order valence-electron chi connectivity index (χ1n) is 6.91. The molecular formula is C15H18ClN3O2S. The molecule has 2 amide bonds. The van der Waals surface area contributed by atoms with Crippen LogP contribution in [0.3, 0.4) is 0 Å². The first-order valence-corrected chi connectivity index (χ1v) is 8.10. The van der Waals surface area contributed by atoms with Crippen LogP contribution in [-0.4, -0.2) is 17.6 Å². The van der Waals surface area contributed by atoms with Crippen LogP contribution in [0.1, 0.15) is 21.7 Å². The Labute approximate surface area is 137 Å². The molecule has 0 aliphatic heterocycles. The van der Waals surface area contributed by atoms with Gasteiger partial charge in [-0.2, -0.15) is 0 Å². The Hall–Kier alpha value is -1.79. The minimum atomic E-state index is -0.290. The Bertz CT molecular complexity index is 724. The average molecular weight is 340 g/mol. The number of amides is 2. The Balaban J connectivity index is 1.79. The van der Waals surface area contributed by atoms with E-state index in [1.54, 1.807) is 0 Å². The summed E-state index contributed by atoms with van der Waals surface area (Å²) in [4.78, 5) is 27.4. The summed E-state index contributed by atoms with van der Waals surface area (Å²) in [5, 5.41) is 5.46. The zero-order valence-electron chi connectivity index (χ0n) is 12.5. The van der Waals surface area contributed by atoms with E-state index in [1.807, 2.05) is 32.0 Å². The molecule has 118 valence electrons. The van der Waals surface area contributed by atoms with Crippen LogP contribution in [0.25, 0.3) is 0 Å². The van der Waals surface area contributed by atoms with Gasteiger partial charge in [-0.25, -0.2) is 4.79 Å². The molecule has 7 heteroatoms. The van der Waals surface area contributed by atoms with Crippen LogP contribution in [-0.2, 0) is 13.0 Å². The first-order chi connectivity index (χ1) is 10.5. The highest BCUT2D eigenvalue weighted by Crippen LogP contribution is 2.21. The van der Waals surface area contributed by atoms with Crippen molar-refractivity contribution in [2.75, 3.05) is 6.54 Å². The van der Waals surface area contributed by atoms with Gasteiger partial charge in [0.1, 0.15) is 0 Å². The third-order valence-electron chi connectivity index (χ3n) is 3.21. The lowest BCUT2D eigenvalue weighted by Gasteiger charge is -2.09. The summed E-state index contributed by atoms with van der Waals surface area (Å²) in [6.07, 6.45) is 0.731. The van der Waals surface area contributed by atoms with Crippen molar-refractivity contribution in [3.63, 3.8) is 0 Å². The Morgan fingerprint density at radius 3 is 2.73 bits per heavy atom. The van der Waals surface area contributed by atoms with Crippen LogP contribution in [0.15, 0.2) is 23.0 Å². The van der Waals surface area contributed by atoms with Crippen LogP contribution in [0.4, 0.5) is 4.79 Å². The molecule has 0 radical (unpaired) electrons. The van der Waals surface area contributed by atoms with Gasteiger partial charge in [0.05, 0.1) is 10.9 Å². The molecule has 22 heavy (non-hydrogen) atoms. The number of carbonyl (C=O) groups is 1. The number of pyridine rings is 1. The van der Waals surface area contributed by atoms with Gasteiger partial charge in [-0.3, -0.25) is 4.79 Å². The van der Waals surface area contributed by atoms with E-state index < -0.39 is 0 Å². The van der Waals surface area contributed by atoms with Gasteiger partial charge in [-0.05, 0) is 44.0 Å². The number of hydrogen-bond acceptors (Lipinski definition) is 3. The maximum Gasteiger partial charge on any atom is 0.315 e. The standard InChI is InChI=1S/C15H18ClN3O2S/c1-9-7-10(2)19-14(20)12(9)8-18-15(21)17-6-5-11-3-4-13(16)22-11/h3-4,7H,5-6,8H2,1-2H3,(H,19,20)(H2,17,18,21). The lowest BCUT2D eigenvalue weighted by Crippen LogP contribution is -2.37. The topological polar surface area (TPSA) is 74.0 Å². The summed E-state index contributed by atoms with van der Waals surface area (Å²) < 4.78 is 0.744. The second-order valence-corrected chi connectivity index (χ2v) is 6.81. The second-order valence-electron chi connectivity index (χ2n) is 5.01. The van der Waals surface area contributed by atoms with Crippen LogP contribution in [0.5, 0.6) is 0 Å². The molecule has 0 saturated heterocycles. The Kier molecular flexibility index (Phi) is 5.63. The third-order valence-corrected chi connectivity index (χ3v) is 4.50. The molecule has 0 unspecified atom stereocenters. The van der Waals surface area contributed by atoms with Gasteiger partial charge in [-0.15, -0.1) is 11.3 Å². The van der Waals surface area contributed by atoms with E-state index in [-0.39, 0.29) is 18.1 Å². The van der Waals surface area contributed by atoms with E-state index in [0.717, 1.165) is 26.9 Å². The molecule has 0 bridgehead atoms. The molecule has 0 fully saturated rings. The lowest BCUT2D eigenvalue weighted by atomic mass is 10.1. The number of carbonyl (C=O) groups excluding carboxylic acids is 1. The first kappa shape index (κ1) is 16.6. The van der Waals surface area contributed by atoms with Crippen molar-refractivity contribution in [1.82, 2.24) is 15.6 Å². The Morgan fingerprint density at radius 1 is 1.32 bits per heavy atom. The summed E-state index contributed by atoms with van der Waals surface area (Å²) in [6.45, 7) is 4.41. The molecule has 0 aliphatic carbocycles. The Morgan fingerprint density at radius 2 is 2.09 bits per heavy atom. The fraction of sp³-hybridized carbons (Fsp3) is 0.333. The minimum absolute atomic E-state index is 0.161. The number of rotatable bonds is 5. The van der Waals surface area contributed by atoms with Crippen LogP contribution < -0.4 is 16.2 Å². The van der Waals surface area contributed by atoms with Crippen LogP contribution >= 0.6 is 22.9 Å². The number of nitrogens with one attached hydrogen (secondary N) is 3. The molecule has 0 aromatic carbocycles. The van der Waals surface area contributed by atoms with Gasteiger partial charge in [-0.1, -0.05) is 11.6 Å². The predicted octanol–water partition coefficient (Wildman–Crippen LogP) is 2.75. The maximum atomic E-state index is 11.8. The summed E-state index contributed by atoms with van der Waals surface area (Å²) >= 11 is 7.35. The van der Waals surface area contributed by atoms with Gasteiger partial charge in [0, 0.05) is 22.7 Å². The molecule has 5 nitrogen and oxygen atoms in total. The van der Waals surface area contributed by atoms with Crippen molar-refractivity contribution in [2.24, 2.45) is 0 Å². The molecule has 2 heterocycles. The van der Waals surface area contributed by atoms with E-state index in [4.69, 9.17) is 11.6 Å². The van der Waals surface area contributed by atoms with Gasteiger partial charge in [0.2, 0.25) is 0 Å². The summed E-state index contributed by atoms with van der Waals surface area (Å²) in [6, 6.07) is 5.38. The predicted molar refractivity (Wildman–Crippen MR) is 89.8 cm³/mol. The lowest BCUT2D eigenvalue weighted by molar-refractivity contribution is 0.240. The highest BCUT2D eigenvalue weighted by Gasteiger charge is 2.07. The summed E-state index contributed by atoms with van der Waals surface area (Å²) in [5.41, 5.74) is 2.09. The average Bonchev–Trinajstić information content (AvgIpc) is 2.83. The highest BCUT2D eigenvalue weighted by atomic mass is 35.5. The molecule has 2 aromatic rings. The smallest absolute Gasteiger partial charge is 0.315 e. The number of thiophene rings is 1. The van der Waals surface area contributed by atoms with Gasteiger partial charge < -0.3 is 15.6 Å². The molecule has 0 aliphatic rings. The number of aromatic amines is 1.